The summed E-state index contributed by atoms with van der Waals surface area (Å²) in [6.07, 6.45) is 3.10. The van der Waals surface area contributed by atoms with E-state index in [1.807, 2.05) is 30.0 Å². The molecule has 1 fully saturated rings. The topological polar surface area (TPSA) is 44.1 Å². The van der Waals surface area contributed by atoms with Gasteiger partial charge in [-0.25, -0.2) is 0 Å². The fourth-order valence-electron chi connectivity index (χ4n) is 3.40. The highest BCUT2D eigenvalue weighted by atomic mass is 35.5. The predicted octanol–water partition coefficient (Wildman–Crippen LogP) is 7.06. The molecule has 3 nitrogen and oxygen atoms in total. The van der Waals surface area contributed by atoms with Gasteiger partial charge in [-0.05, 0) is 62.3 Å². The van der Waals surface area contributed by atoms with Crippen LogP contribution in [-0.4, -0.2) is 23.4 Å². The molecule has 0 bridgehead atoms. The van der Waals surface area contributed by atoms with Gasteiger partial charge in [0, 0.05) is 19.0 Å². The lowest BCUT2D eigenvalue weighted by Gasteiger charge is -2.22. The van der Waals surface area contributed by atoms with E-state index in [1.54, 1.807) is 12.1 Å². The predicted molar refractivity (Wildman–Crippen MR) is 131 cm³/mol. The third-order valence-corrected chi connectivity index (χ3v) is 6.07. The van der Waals surface area contributed by atoms with Crippen LogP contribution in [-0.2, 0) is 11.2 Å². The summed E-state index contributed by atoms with van der Waals surface area (Å²) in [7, 11) is 0. The van der Waals surface area contributed by atoms with Gasteiger partial charge in [0.05, 0.1) is 10.6 Å². The van der Waals surface area contributed by atoms with Crippen LogP contribution in [0.3, 0.4) is 0 Å². The second-order valence-electron chi connectivity index (χ2n) is 8.42. The molecule has 1 amide bonds. The third kappa shape index (κ3) is 9.15. The van der Waals surface area contributed by atoms with Crippen LogP contribution in [0, 0.1) is 30.1 Å². The maximum Gasteiger partial charge on any atom is 0.223 e. The lowest BCUT2D eigenvalue weighted by molar-refractivity contribution is -0.129. The Balaban J connectivity index is 0.000000240. The zero-order valence-electron chi connectivity index (χ0n) is 19.9. The molecule has 1 aliphatic rings. The van der Waals surface area contributed by atoms with Crippen molar-refractivity contribution < 1.29 is 4.79 Å². The number of hydrogen-bond donors (Lipinski definition) is 0. The number of likely N-dealkylation sites (tertiary alicyclic amines) is 1. The molecule has 2 aromatic rings. The van der Waals surface area contributed by atoms with Crippen LogP contribution in [0.25, 0.3) is 0 Å². The smallest absolute Gasteiger partial charge is 0.223 e. The summed E-state index contributed by atoms with van der Waals surface area (Å²) in [6, 6.07) is 18.2. The van der Waals surface area contributed by atoms with Crippen molar-refractivity contribution in [2.45, 2.75) is 66.8 Å². The van der Waals surface area contributed by atoms with Crippen LogP contribution in [0.15, 0.2) is 48.5 Å². The lowest BCUT2D eigenvalue weighted by Crippen LogP contribution is -2.32. The summed E-state index contributed by atoms with van der Waals surface area (Å²) in [5, 5.41) is 9.00. The molecule has 2 aromatic carbocycles. The Hall–Kier alpha value is -2.31. The van der Waals surface area contributed by atoms with Crippen molar-refractivity contribution in [1.82, 2.24) is 4.90 Å². The number of halogens is 1. The fourth-order valence-corrected chi connectivity index (χ4v) is 3.68. The molecule has 0 spiro atoms. The molecule has 0 aliphatic carbocycles. The van der Waals surface area contributed by atoms with E-state index in [0.717, 1.165) is 24.9 Å². The highest BCUT2D eigenvalue weighted by molar-refractivity contribution is 6.31. The number of carbonyl (C=O) groups excluding carboxylic acids is 1. The monoisotopic (exact) mass is 440 g/mol. The summed E-state index contributed by atoms with van der Waals surface area (Å²) in [5.74, 6) is 1.63. The number of rotatable bonds is 4. The molecular weight excluding hydrogens is 404 g/mol. The lowest BCUT2D eigenvalue weighted by atomic mass is 9.91. The summed E-state index contributed by atoms with van der Waals surface area (Å²) in [5.41, 5.74) is 3.02. The van der Waals surface area contributed by atoms with Crippen molar-refractivity contribution in [3.63, 3.8) is 0 Å². The maximum atomic E-state index is 11.6. The molecule has 168 valence electrons. The minimum atomic E-state index is 0.348. The first-order valence-electron chi connectivity index (χ1n) is 11.2. The van der Waals surface area contributed by atoms with E-state index in [1.165, 1.54) is 12.0 Å². The number of hydrogen-bond acceptors (Lipinski definition) is 2. The maximum absolute atomic E-state index is 11.6. The Bertz CT molecular complexity index is 842. The van der Waals surface area contributed by atoms with Crippen molar-refractivity contribution >= 4 is 17.5 Å². The molecule has 3 rings (SSSR count). The van der Waals surface area contributed by atoms with E-state index < -0.39 is 0 Å². The van der Waals surface area contributed by atoms with Gasteiger partial charge in [-0.2, -0.15) is 5.26 Å². The molecule has 1 aliphatic heterocycles. The van der Waals surface area contributed by atoms with Gasteiger partial charge in [0.2, 0.25) is 5.91 Å². The zero-order valence-corrected chi connectivity index (χ0v) is 20.6. The van der Waals surface area contributed by atoms with Crippen LogP contribution in [0.4, 0.5) is 0 Å². The highest BCUT2D eigenvalue weighted by Crippen LogP contribution is 2.28. The Labute approximate surface area is 194 Å². The fraction of sp³-hybridized carbons (Fsp3) is 0.481. The average Bonchev–Trinajstić information content (AvgIpc) is 3.17. The summed E-state index contributed by atoms with van der Waals surface area (Å²) >= 11 is 5.71. The Morgan fingerprint density at radius 3 is 2.19 bits per heavy atom. The molecule has 31 heavy (non-hydrogen) atoms. The molecule has 0 saturated carbocycles. The first-order valence-corrected chi connectivity index (χ1v) is 11.6. The molecule has 1 heterocycles. The van der Waals surface area contributed by atoms with Crippen LogP contribution in [0.1, 0.15) is 64.2 Å². The van der Waals surface area contributed by atoms with Gasteiger partial charge < -0.3 is 4.90 Å². The number of benzene rings is 2. The number of aryl methyl sites for hydroxylation is 2. The minimum absolute atomic E-state index is 0.348. The second kappa shape index (κ2) is 13.9. The van der Waals surface area contributed by atoms with Gasteiger partial charge in [0.15, 0.2) is 0 Å². The summed E-state index contributed by atoms with van der Waals surface area (Å²) in [6.45, 7) is 13.7. The number of nitriles is 1. The Morgan fingerprint density at radius 2 is 1.77 bits per heavy atom. The van der Waals surface area contributed by atoms with Gasteiger partial charge in [0.25, 0.3) is 0 Å². The van der Waals surface area contributed by atoms with Gasteiger partial charge >= 0.3 is 0 Å². The normalized spacial score (nSPS) is 16.0. The van der Waals surface area contributed by atoms with E-state index in [-0.39, 0.29) is 0 Å². The second-order valence-corrected chi connectivity index (χ2v) is 8.83. The number of carbonyl (C=O) groups is 1. The van der Waals surface area contributed by atoms with E-state index in [9.17, 15) is 4.79 Å². The molecule has 2 unspecified atom stereocenters. The zero-order chi connectivity index (χ0) is 23.4. The first-order chi connectivity index (χ1) is 14.7. The van der Waals surface area contributed by atoms with Gasteiger partial charge in [0.1, 0.15) is 6.07 Å². The molecule has 2 atom stereocenters. The van der Waals surface area contributed by atoms with Gasteiger partial charge in [-0.15, -0.1) is 0 Å². The summed E-state index contributed by atoms with van der Waals surface area (Å²) < 4.78 is 0. The number of nitrogens with zero attached hydrogens (tertiary/aromatic N) is 2. The SMILES string of the molecule is CCC(C)C1CC(=O)N(C(C)C)C1.CCc1ccccc1.Cc1ccc(C#N)c(Cl)c1. The third-order valence-electron chi connectivity index (χ3n) is 5.76. The molecule has 4 heteroatoms. The quantitative estimate of drug-likeness (QED) is 0.510. The van der Waals surface area contributed by atoms with Crippen molar-refractivity contribution in [3.05, 3.63) is 70.2 Å². The van der Waals surface area contributed by atoms with Gasteiger partial charge in [-0.3, -0.25) is 4.79 Å². The standard InChI is InChI=1S/C11H21NO.C8H6ClN.C8H10/c1-5-9(4)10-6-11(13)12(7-10)8(2)3;1-6-2-3-7(5-10)8(9)4-6;1-2-8-6-4-3-5-7-8/h8-10H,5-7H2,1-4H3;2-4H,1H3;3-7H,2H2,1H3. The van der Waals surface area contributed by atoms with E-state index >= 15 is 0 Å². The van der Waals surface area contributed by atoms with Gasteiger partial charge in [-0.1, -0.05) is 75.2 Å². The van der Waals surface area contributed by atoms with E-state index in [2.05, 4.69) is 58.9 Å². The molecular formula is C27H37ClN2O. The van der Waals surface area contributed by atoms with Crippen LogP contribution in [0.5, 0.6) is 0 Å². The van der Waals surface area contributed by atoms with Crippen LogP contribution >= 0.6 is 11.6 Å². The molecule has 0 N–H and O–H groups in total. The van der Waals surface area contributed by atoms with Crippen LogP contribution < -0.4 is 0 Å². The highest BCUT2D eigenvalue weighted by Gasteiger charge is 2.33. The summed E-state index contributed by atoms with van der Waals surface area (Å²) in [4.78, 5) is 13.6. The van der Waals surface area contributed by atoms with Crippen molar-refractivity contribution in [2.24, 2.45) is 11.8 Å². The molecule has 1 saturated heterocycles. The first kappa shape index (κ1) is 26.7. The Kier molecular flexibility index (Phi) is 12.0. The molecule has 0 aromatic heterocycles. The largest absolute Gasteiger partial charge is 0.340 e. The minimum Gasteiger partial charge on any atom is -0.340 e. The average molecular weight is 441 g/mol. The van der Waals surface area contributed by atoms with E-state index in [0.29, 0.717) is 34.4 Å². The van der Waals surface area contributed by atoms with Crippen molar-refractivity contribution in [1.29, 1.82) is 5.26 Å². The Morgan fingerprint density at radius 1 is 1.13 bits per heavy atom. The van der Waals surface area contributed by atoms with Crippen molar-refractivity contribution in [2.75, 3.05) is 6.54 Å². The van der Waals surface area contributed by atoms with Crippen molar-refractivity contribution in [3.8, 4) is 6.07 Å². The van der Waals surface area contributed by atoms with Crippen LogP contribution in [0.2, 0.25) is 5.02 Å². The van der Waals surface area contributed by atoms with E-state index in [4.69, 9.17) is 16.9 Å². The number of amides is 1. The molecule has 0 radical (unpaired) electrons.